The van der Waals surface area contributed by atoms with Crippen molar-refractivity contribution in [2.75, 3.05) is 13.2 Å². The van der Waals surface area contributed by atoms with Crippen molar-refractivity contribution in [2.45, 2.75) is 56.9 Å². The van der Waals surface area contributed by atoms with Gasteiger partial charge in [0.25, 0.3) is 0 Å². The lowest BCUT2D eigenvalue weighted by atomic mass is 9.99. The number of hydrogen-bond acceptors (Lipinski definition) is 8. The molecule has 1 aliphatic heterocycles. The molecule has 0 radical (unpaired) electrons. The minimum atomic E-state index is -4.86. The number of aliphatic hydroxyl groups excluding tert-OH is 3. The van der Waals surface area contributed by atoms with Gasteiger partial charge in [0.05, 0.1) is 6.61 Å². The molecule has 0 unspecified atom stereocenters. The van der Waals surface area contributed by atoms with Gasteiger partial charge in [0.1, 0.15) is 24.4 Å². The van der Waals surface area contributed by atoms with Crippen LogP contribution in [0.2, 0.25) is 0 Å². The van der Waals surface area contributed by atoms with Gasteiger partial charge in [-0.05, 0) is 6.42 Å². The predicted octanol–water partition coefficient (Wildman–Crippen LogP) is -1.18. The highest BCUT2D eigenvalue weighted by atomic mass is 32.3. The molecule has 4 N–H and O–H groups in total. The van der Waals surface area contributed by atoms with Gasteiger partial charge in [0.2, 0.25) is 0 Å². The summed E-state index contributed by atoms with van der Waals surface area (Å²) in [4.78, 5) is 0. The van der Waals surface area contributed by atoms with E-state index in [1.807, 2.05) is 6.92 Å². The third-order valence-corrected chi connectivity index (χ3v) is 3.53. The summed E-state index contributed by atoms with van der Waals surface area (Å²) < 4.78 is 44.8. The molecule has 1 fully saturated rings. The Morgan fingerprint density at radius 3 is 2.38 bits per heavy atom. The molecule has 1 aliphatic rings. The molecule has 5 atom stereocenters. The minimum Gasteiger partial charge on any atom is -0.387 e. The summed E-state index contributed by atoms with van der Waals surface area (Å²) in [6.07, 6.45) is -5.19. The van der Waals surface area contributed by atoms with Gasteiger partial charge < -0.3 is 24.8 Å². The molecule has 1 heterocycles. The smallest absolute Gasteiger partial charge is 0.387 e. The van der Waals surface area contributed by atoms with Crippen LogP contribution < -0.4 is 0 Å². The molecule has 0 aromatic carbocycles. The second kappa shape index (κ2) is 8.34. The van der Waals surface area contributed by atoms with Crippen molar-refractivity contribution in [1.29, 1.82) is 0 Å². The molecule has 0 saturated carbocycles. The summed E-state index contributed by atoms with van der Waals surface area (Å²) >= 11 is 0. The fraction of sp³-hybridized carbons (Fsp3) is 1.00. The zero-order valence-corrected chi connectivity index (χ0v) is 12.5. The van der Waals surface area contributed by atoms with Crippen LogP contribution in [0.5, 0.6) is 0 Å². The van der Waals surface area contributed by atoms with E-state index >= 15 is 0 Å². The van der Waals surface area contributed by atoms with Crippen LogP contribution >= 0.6 is 0 Å². The molecule has 1 saturated heterocycles. The lowest BCUT2D eigenvalue weighted by Crippen LogP contribution is -2.60. The summed E-state index contributed by atoms with van der Waals surface area (Å²) in [5.74, 6) is 0. The van der Waals surface area contributed by atoms with Gasteiger partial charge in [0.15, 0.2) is 6.29 Å². The van der Waals surface area contributed by atoms with Gasteiger partial charge in [-0.3, -0.25) is 4.55 Å². The molecular weight excluding hydrogens is 308 g/mol. The Kier molecular flexibility index (Phi) is 7.44. The first kappa shape index (κ1) is 18.7. The SMILES string of the molecule is CCCCCOC[C@H]1O[C@H](O)[C@H](O)[C@@H](O)[C@@H]1OS(=O)(=O)O. The highest BCUT2D eigenvalue weighted by Gasteiger charge is 2.46. The van der Waals surface area contributed by atoms with Crippen molar-refractivity contribution in [1.82, 2.24) is 0 Å². The Bertz CT molecular complexity index is 398. The maximum Gasteiger partial charge on any atom is 0.397 e. The lowest BCUT2D eigenvalue weighted by Gasteiger charge is -2.39. The van der Waals surface area contributed by atoms with Crippen LogP contribution in [0.3, 0.4) is 0 Å². The van der Waals surface area contributed by atoms with E-state index in [4.69, 9.17) is 14.0 Å². The second-order valence-electron chi connectivity index (χ2n) is 4.82. The van der Waals surface area contributed by atoms with Crippen molar-refractivity contribution in [3.05, 3.63) is 0 Å². The summed E-state index contributed by atoms with van der Waals surface area (Å²) in [5.41, 5.74) is 0. The topological polar surface area (TPSA) is 143 Å². The molecule has 9 nitrogen and oxygen atoms in total. The molecule has 0 bridgehead atoms. The van der Waals surface area contributed by atoms with Crippen LogP contribution in [0.25, 0.3) is 0 Å². The van der Waals surface area contributed by atoms with Gasteiger partial charge in [-0.2, -0.15) is 8.42 Å². The number of unbranched alkanes of at least 4 members (excludes halogenated alkanes) is 2. The summed E-state index contributed by atoms with van der Waals surface area (Å²) in [6, 6.07) is 0. The molecule has 1 rings (SSSR count). The average Bonchev–Trinajstić information content (AvgIpc) is 2.39. The van der Waals surface area contributed by atoms with E-state index in [0.717, 1.165) is 19.3 Å². The van der Waals surface area contributed by atoms with E-state index < -0.39 is 41.1 Å². The number of aliphatic hydroxyl groups is 3. The zero-order chi connectivity index (χ0) is 16.0. The maximum atomic E-state index is 10.8. The number of hydrogen-bond donors (Lipinski definition) is 4. The van der Waals surface area contributed by atoms with Crippen molar-refractivity contribution >= 4 is 10.4 Å². The highest BCUT2D eigenvalue weighted by Crippen LogP contribution is 2.24. The number of ether oxygens (including phenoxy) is 2. The Labute approximate surface area is 123 Å². The van der Waals surface area contributed by atoms with Crippen LogP contribution in [0.15, 0.2) is 0 Å². The molecule has 0 spiro atoms. The average molecular weight is 330 g/mol. The van der Waals surface area contributed by atoms with Crippen molar-refractivity contribution in [3.8, 4) is 0 Å². The van der Waals surface area contributed by atoms with Crippen LogP contribution in [-0.2, 0) is 24.1 Å². The Balaban J connectivity index is 2.62. The maximum absolute atomic E-state index is 10.8. The van der Waals surface area contributed by atoms with E-state index in [9.17, 15) is 23.7 Å². The largest absolute Gasteiger partial charge is 0.397 e. The van der Waals surface area contributed by atoms with E-state index in [0.29, 0.717) is 6.61 Å². The van der Waals surface area contributed by atoms with E-state index in [1.165, 1.54) is 0 Å². The van der Waals surface area contributed by atoms with Crippen LogP contribution in [0, 0.1) is 0 Å². The molecule has 0 aromatic rings. The molecule has 21 heavy (non-hydrogen) atoms. The van der Waals surface area contributed by atoms with Crippen LogP contribution in [0.1, 0.15) is 26.2 Å². The molecule has 10 heteroatoms. The quantitative estimate of drug-likeness (QED) is 0.319. The van der Waals surface area contributed by atoms with E-state index in [2.05, 4.69) is 4.18 Å². The monoisotopic (exact) mass is 330 g/mol. The first-order chi connectivity index (χ1) is 9.76. The van der Waals surface area contributed by atoms with E-state index in [1.54, 1.807) is 0 Å². The zero-order valence-electron chi connectivity index (χ0n) is 11.7. The lowest BCUT2D eigenvalue weighted by molar-refractivity contribution is -0.284. The fourth-order valence-electron chi connectivity index (χ4n) is 1.97. The van der Waals surface area contributed by atoms with Gasteiger partial charge in [-0.25, -0.2) is 4.18 Å². The first-order valence-corrected chi connectivity index (χ1v) is 8.06. The molecule has 0 amide bonds. The van der Waals surface area contributed by atoms with Gasteiger partial charge >= 0.3 is 10.4 Å². The Morgan fingerprint density at radius 1 is 1.14 bits per heavy atom. The van der Waals surface area contributed by atoms with Gasteiger partial charge in [-0.1, -0.05) is 19.8 Å². The van der Waals surface area contributed by atoms with Crippen LogP contribution in [-0.4, -0.2) is 72.2 Å². The van der Waals surface area contributed by atoms with Crippen LogP contribution in [0.4, 0.5) is 0 Å². The predicted molar refractivity (Wildman–Crippen MR) is 69.7 cm³/mol. The minimum absolute atomic E-state index is 0.162. The Hall–Kier alpha value is -0.330. The summed E-state index contributed by atoms with van der Waals surface area (Å²) in [5, 5.41) is 28.6. The number of rotatable bonds is 8. The van der Waals surface area contributed by atoms with E-state index in [-0.39, 0.29) is 6.61 Å². The molecule has 126 valence electrons. The summed E-state index contributed by atoms with van der Waals surface area (Å²) in [7, 11) is -4.86. The third-order valence-electron chi connectivity index (χ3n) is 3.07. The molecular formula is C11H22O9S. The normalized spacial score (nSPS) is 34.0. The highest BCUT2D eigenvalue weighted by molar-refractivity contribution is 7.80. The first-order valence-electron chi connectivity index (χ1n) is 6.69. The van der Waals surface area contributed by atoms with Crippen molar-refractivity contribution < 1.29 is 41.9 Å². The third kappa shape index (κ3) is 6.12. The standard InChI is InChI=1S/C11H22O9S/c1-2-3-4-5-18-6-7-10(20-21(15,16)17)8(12)9(13)11(14)19-7/h7-14H,2-6H2,1H3,(H,15,16,17)/t7-,8-,9-,10-,11+/m1/s1. The summed E-state index contributed by atoms with van der Waals surface area (Å²) in [6.45, 7) is 2.25. The van der Waals surface area contributed by atoms with Crippen molar-refractivity contribution in [2.24, 2.45) is 0 Å². The Morgan fingerprint density at radius 2 is 1.81 bits per heavy atom. The van der Waals surface area contributed by atoms with Gasteiger partial charge in [-0.15, -0.1) is 0 Å². The second-order valence-corrected chi connectivity index (χ2v) is 5.86. The van der Waals surface area contributed by atoms with Crippen molar-refractivity contribution in [3.63, 3.8) is 0 Å². The fourth-order valence-corrected chi connectivity index (χ4v) is 2.49. The van der Waals surface area contributed by atoms with Gasteiger partial charge in [0, 0.05) is 6.61 Å². The molecule has 0 aliphatic carbocycles. The molecule has 0 aromatic heterocycles.